The first-order valence-electron chi connectivity index (χ1n) is 14.4. The molecule has 2 N–H and O–H groups in total. The summed E-state index contributed by atoms with van der Waals surface area (Å²) in [6.45, 7) is 4.71. The molecule has 2 atom stereocenters. The summed E-state index contributed by atoms with van der Waals surface area (Å²) in [5.41, 5.74) is 0.758. The Balaban J connectivity index is 0.00000240. The Morgan fingerprint density at radius 3 is 2.63 bits per heavy atom. The van der Waals surface area contributed by atoms with E-state index >= 15 is 0 Å². The number of nitrogens with zero attached hydrogens (tertiary/aromatic N) is 5. The number of carbonyl (C=O) groups is 2. The highest BCUT2D eigenvalue weighted by Gasteiger charge is 2.45. The number of benzene rings is 1. The molecule has 248 valence electrons. The van der Waals surface area contributed by atoms with Crippen molar-refractivity contribution in [3.63, 3.8) is 0 Å². The second-order valence-electron chi connectivity index (χ2n) is 10.9. The topological polar surface area (TPSA) is 103 Å². The van der Waals surface area contributed by atoms with Crippen molar-refractivity contribution >= 4 is 59.7 Å². The Hall–Kier alpha value is -3.52. The van der Waals surface area contributed by atoms with E-state index in [0.29, 0.717) is 49.1 Å². The first kappa shape index (κ1) is 35.3. The maximum absolute atomic E-state index is 13.9. The first-order valence-corrected chi connectivity index (χ1v) is 14.8. The predicted molar refractivity (Wildman–Crippen MR) is 174 cm³/mol. The number of hydrogen-bond acceptors (Lipinski definition) is 7. The number of rotatable bonds is 7. The van der Waals surface area contributed by atoms with Crippen molar-refractivity contribution in [2.75, 3.05) is 55.7 Å². The van der Waals surface area contributed by atoms with E-state index in [9.17, 15) is 22.8 Å². The van der Waals surface area contributed by atoms with Gasteiger partial charge < -0.3 is 25.2 Å². The monoisotopic (exact) mass is 701 g/mol. The van der Waals surface area contributed by atoms with Crippen LogP contribution in [0.25, 0.3) is 11.3 Å². The molecule has 3 aliphatic heterocycles. The fourth-order valence-corrected chi connectivity index (χ4v) is 6.16. The molecule has 46 heavy (non-hydrogen) atoms. The van der Waals surface area contributed by atoms with Crippen LogP contribution >= 0.6 is 36.4 Å². The van der Waals surface area contributed by atoms with Gasteiger partial charge in [0, 0.05) is 50.0 Å². The molecule has 0 bridgehead atoms. The highest BCUT2D eigenvalue weighted by molar-refractivity contribution is 6.30. The number of pyridine rings is 2. The summed E-state index contributed by atoms with van der Waals surface area (Å²) in [4.78, 5) is 40.8. The third kappa shape index (κ3) is 7.07. The molecule has 0 aliphatic carbocycles. The predicted octanol–water partition coefficient (Wildman–Crippen LogP) is 5.28. The summed E-state index contributed by atoms with van der Waals surface area (Å²) in [7, 11) is 0. The standard InChI is InChI=1S/C30H31ClF3N7O3.2ClH/c1-2-44-28-21(4-3-10-36-28)23-6-8-25(26(38-23)27(42)37-19-9-11-35-15-19)39-12-13-40-20(16-39)17-41(29(40)43)24-7-5-18(31)14-22(24)30(32,33)34;;/h3-8,10,14,19-20,35H,2,9,11-13,15-17H2,1H3,(H,37,42);2*1H/t19?,20-;;/m0../s1. The number of aromatic nitrogens is 2. The molecule has 10 nitrogen and oxygen atoms in total. The van der Waals surface area contributed by atoms with Crippen molar-refractivity contribution in [3.05, 3.63) is 64.9 Å². The summed E-state index contributed by atoms with van der Waals surface area (Å²) in [5.74, 6) is 0.0696. The van der Waals surface area contributed by atoms with Gasteiger partial charge in [-0.1, -0.05) is 11.6 Å². The van der Waals surface area contributed by atoms with Crippen LogP contribution in [0.15, 0.2) is 48.7 Å². The lowest BCUT2D eigenvalue weighted by Gasteiger charge is -2.38. The molecule has 16 heteroatoms. The number of nitrogens with one attached hydrogen (secondary N) is 2. The summed E-state index contributed by atoms with van der Waals surface area (Å²) >= 11 is 5.87. The number of ether oxygens (including phenoxy) is 1. The Labute approximate surface area is 281 Å². The average Bonchev–Trinajstić information content (AvgIpc) is 3.64. The number of alkyl halides is 3. The smallest absolute Gasteiger partial charge is 0.418 e. The lowest BCUT2D eigenvalue weighted by molar-refractivity contribution is -0.137. The van der Waals surface area contributed by atoms with E-state index in [1.807, 2.05) is 24.0 Å². The van der Waals surface area contributed by atoms with Gasteiger partial charge in [0.1, 0.15) is 0 Å². The highest BCUT2D eigenvalue weighted by Crippen LogP contribution is 2.40. The van der Waals surface area contributed by atoms with Gasteiger partial charge in [0.25, 0.3) is 5.91 Å². The number of piperazine rings is 1. The molecule has 1 aromatic carbocycles. The maximum Gasteiger partial charge on any atom is 0.418 e. The van der Waals surface area contributed by atoms with Crippen LogP contribution in [0.2, 0.25) is 5.02 Å². The zero-order valence-corrected chi connectivity index (χ0v) is 27.1. The van der Waals surface area contributed by atoms with Crippen molar-refractivity contribution in [2.45, 2.75) is 31.6 Å². The van der Waals surface area contributed by atoms with E-state index in [4.69, 9.17) is 21.3 Å². The van der Waals surface area contributed by atoms with Gasteiger partial charge in [0.05, 0.1) is 40.8 Å². The SMILES string of the molecule is CCOc1ncccc1-c1ccc(N2CCN3C(=O)N(c4ccc(Cl)cc4C(F)(F)F)C[C@@H]3C2)c(C(=O)NC2CCNC2)n1.Cl.Cl. The molecular formula is C30H33Cl3F3N7O3. The van der Waals surface area contributed by atoms with Gasteiger partial charge in [-0.05, 0) is 62.4 Å². The Morgan fingerprint density at radius 1 is 1.13 bits per heavy atom. The number of halogens is 6. The van der Waals surface area contributed by atoms with Gasteiger partial charge in [-0.2, -0.15) is 13.2 Å². The number of amides is 3. The molecule has 3 aliphatic rings. The van der Waals surface area contributed by atoms with Crippen LogP contribution in [0.3, 0.4) is 0 Å². The lowest BCUT2D eigenvalue weighted by atomic mass is 10.1. The number of fused-ring (bicyclic) bond motifs is 1. The molecule has 6 rings (SSSR count). The Morgan fingerprint density at radius 2 is 1.91 bits per heavy atom. The van der Waals surface area contributed by atoms with E-state index in [0.717, 1.165) is 23.9 Å². The minimum Gasteiger partial charge on any atom is -0.477 e. The average molecular weight is 703 g/mol. The van der Waals surface area contributed by atoms with E-state index in [1.54, 1.807) is 23.2 Å². The molecule has 2 aromatic heterocycles. The number of hydrogen-bond donors (Lipinski definition) is 2. The summed E-state index contributed by atoms with van der Waals surface area (Å²) in [6.07, 6.45) is -2.27. The normalized spacial score (nSPS) is 19.3. The van der Waals surface area contributed by atoms with Crippen molar-refractivity contribution in [2.24, 2.45) is 0 Å². The molecule has 3 aromatic rings. The van der Waals surface area contributed by atoms with Gasteiger partial charge in [-0.25, -0.2) is 14.8 Å². The molecule has 1 unspecified atom stereocenters. The zero-order chi connectivity index (χ0) is 31.0. The highest BCUT2D eigenvalue weighted by atomic mass is 35.5. The Kier molecular flexibility index (Phi) is 11.1. The van der Waals surface area contributed by atoms with Gasteiger partial charge in [0.2, 0.25) is 5.88 Å². The van der Waals surface area contributed by atoms with Gasteiger partial charge >= 0.3 is 12.2 Å². The van der Waals surface area contributed by atoms with Crippen molar-refractivity contribution in [1.82, 2.24) is 25.5 Å². The van der Waals surface area contributed by atoms with Gasteiger partial charge in [-0.15, -0.1) is 24.8 Å². The van der Waals surface area contributed by atoms with Crippen molar-refractivity contribution in [3.8, 4) is 17.1 Å². The lowest BCUT2D eigenvalue weighted by Crippen LogP contribution is -2.52. The third-order valence-electron chi connectivity index (χ3n) is 8.06. The summed E-state index contributed by atoms with van der Waals surface area (Å²) < 4.78 is 47.3. The fourth-order valence-electron chi connectivity index (χ4n) is 5.99. The largest absolute Gasteiger partial charge is 0.477 e. The van der Waals surface area contributed by atoms with Crippen LogP contribution in [-0.2, 0) is 6.18 Å². The summed E-state index contributed by atoms with van der Waals surface area (Å²) in [5, 5.41) is 6.25. The second kappa shape index (κ2) is 14.5. The Bertz CT molecular complexity index is 1580. The number of anilines is 2. The molecular weight excluding hydrogens is 670 g/mol. The summed E-state index contributed by atoms with van der Waals surface area (Å²) in [6, 6.07) is 9.67. The van der Waals surface area contributed by atoms with Gasteiger partial charge in [0.15, 0.2) is 5.69 Å². The van der Waals surface area contributed by atoms with E-state index in [-0.39, 0.29) is 66.3 Å². The molecule has 3 amide bonds. The first-order chi connectivity index (χ1) is 21.1. The van der Waals surface area contributed by atoms with E-state index in [1.165, 1.54) is 12.1 Å². The van der Waals surface area contributed by atoms with E-state index < -0.39 is 23.8 Å². The fraction of sp³-hybridized carbons (Fsp3) is 0.400. The second-order valence-corrected chi connectivity index (χ2v) is 11.3. The zero-order valence-electron chi connectivity index (χ0n) is 24.7. The molecule has 3 saturated heterocycles. The molecule has 0 saturated carbocycles. The molecule has 0 spiro atoms. The number of urea groups is 1. The van der Waals surface area contributed by atoms with Crippen LogP contribution in [0.5, 0.6) is 5.88 Å². The van der Waals surface area contributed by atoms with Gasteiger partial charge in [-0.3, -0.25) is 9.69 Å². The van der Waals surface area contributed by atoms with Crippen molar-refractivity contribution in [1.29, 1.82) is 0 Å². The van der Waals surface area contributed by atoms with E-state index in [2.05, 4.69) is 15.6 Å². The third-order valence-corrected chi connectivity index (χ3v) is 8.30. The number of carbonyl (C=O) groups excluding carboxylic acids is 2. The molecule has 3 fully saturated rings. The van der Waals surface area contributed by atoms with Crippen LogP contribution < -0.4 is 25.2 Å². The van der Waals surface area contributed by atoms with Crippen LogP contribution in [0.1, 0.15) is 29.4 Å². The molecule has 0 radical (unpaired) electrons. The minimum absolute atomic E-state index is 0. The van der Waals surface area contributed by atoms with Crippen LogP contribution in [-0.4, -0.2) is 84.8 Å². The quantitative estimate of drug-likeness (QED) is 0.346. The molecule has 5 heterocycles. The minimum atomic E-state index is -4.68. The van der Waals surface area contributed by atoms with Crippen LogP contribution in [0, 0.1) is 0 Å². The van der Waals surface area contributed by atoms with Crippen LogP contribution in [0.4, 0.5) is 29.3 Å². The maximum atomic E-state index is 13.9. The van der Waals surface area contributed by atoms with Crippen molar-refractivity contribution < 1.29 is 27.5 Å².